The third-order valence-corrected chi connectivity index (χ3v) is 4.66. The predicted octanol–water partition coefficient (Wildman–Crippen LogP) is 5.76. The lowest BCUT2D eigenvalue weighted by molar-refractivity contribution is 1.06. The molecule has 0 saturated carbocycles. The van der Waals surface area contributed by atoms with Crippen LogP contribution in [0.15, 0.2) is 40.9 Å². The van der Waals surface area contributed by atoms with Crippen LogP contribution in [0.5, 0.6) is 0 Å². The van der Waals surface area contributed by atoms with Crippen molar-refractivity contribution >= 4 is 62.4 Å². The van der Waals surface area contributed by atoms with E-state index in [0.29, 0.717) is 14.8 Å². The molecule has 0 bridgehead atoms. The molecule has 0 radical (unpaired) electrons. The molecule has 3 rings (SSSR count). The number of imidazole rings is 1. The summed E-state index contributed by atoms with van der Waals surface area (Å²) in [5.74, 6) is 0. The molecule has 0 spiro atoms. The van der Waals surface area contributed by atoms with Gasteiger partial charge in [0.15, 0.2) is 4.77 Å². The van der Waals surface area contributed by atoms with Crippen molar-refractivity contribution in [2.45, 2.75) is 0 Å². The average molecular weight is 374 g/mol. The average Bonchev–Trinajstić information content (AvgIpc) is 2.71. The fourth-order valence-corrected chi connectivity index (χ4v) is 2.92. The monoisotopic (exact) mass is 372 g/mol. The molecule has 1 N–H and O–H groups in total. The highest BCUT2D eigenvalue weighted by Crippen LogP contribution is 2.29. The van der Waals surface area contributed by atoms with Gasteiger partial charge in [-0.1, -0.05) is 29.3 Å². The largest absolute Gasteiger partial charge is 0.329 e. The molecular weight excluding hydrogens is 367 g/mol. The molecule has 0 aliphatic heterocycles. The van der Waals surface area contributed by atoms with E-state index in [9.17, 15) is 0 Å². The molecule has 2 nitrogen and oxygen atoms in total. The molecule has 0 aliphatic rings. The van der Waals surface area contributed by atoms with Gasteiger partial charge in [0, 0.05) is 10.2 Å². The minimum atomic E-state index is 0.585. The van der Waals surface area contributed by atoms with E-state index in [4.69, 9.17) is 35.4 Å². The SMILES string of the molecule is S=c1[nH]c2c(Cl)cccc2n1-c1ccc(Br)c(Cl)c1. The molecule has 0 unspecified atom stereocenters. The van der Waals surface area contributed by atoms with Crippen LogP contribution in [-0.2, 0) is 0 Å². The Morgan fingerprint density at radius 2 is 1.89 bits per heavy atom. The van der Waals surface area contributed by atoms with Gasteiger partial charge in [-0.05, 0) is 58.5 Å². The van der Waals surface area contributed by atoms with Gasteiger partial charge in [-0.15, -0.1) is 0 Å². The van der Waals surface area contributed by atoms with Crippen LogP contribution in [0, 0.1) is 4.77 Å². The Balaban J connectivity index is 2.36. The Morgan fingerprint density at radius 3 is 2.63 bits per heavy atom. The zero-order valence-corrected chi connectivity index (χ0v) is 13.4. The number of hydrogen-bond donors (Lipinski definition) is 1. The van der Waals surface area contributed by atoms with E-state index in [-0.39, 0.29) is 0 Å². The number of hydrogen-bond acceptors (Lipinski definition) is 1. The van der Waals surface area contributed by atoms with Gasteiger partial charge in [-0.2, -0.15) is 0 Å². The number of fused-ring (bicyclic) bond motifs is 1. The summed E-state index contributed by atoms with van der Waals surface area (Å²) < 4.78 is 3.35. The number of para-hydroxylation sites is 1. The quantitative estimate of drug-likeness (QED) is 0.538. The zero-order chi connectivity index (χ0) is 13.6. The second-order valence-corrected chi connectivity index (χ2v) is 6.05. The number of H-pyrrole nitrogens is 1. The Hall–Kier alpha value is -0.810. The first kappa shape index (κ1) is 13.2. The second-order valence-electron chi connectivity index (χ2n) is 4.00. The summed E-state index contributed by atoms with van der Waals surface area (Å²) in [6.07, 6.45) is 0. The fraction of sp³-hybridized carbons (Fsp3) is 0. The van der Waals surface area contributed by atoms with Crippen LogP contribution in [0.2, 0.25) is 10.0 Å². The topological polar surface area (TPSA) is 20.7 Å². The van der Waals surface area contributed by atoms with Gasteiger partial charge in [0.05, 0.1) is 21.1 Å². The highest BCUT2D eigenvalue weighted by molar-refractivity contribution is 9.10. The van der Waals surface area contributed by atoms with E-state index in [2.05, 4.69) is 20.9 Å². The van der Waals surface area contributed by atoms with Gasteiger partial charge < -0.3 is 4.98 Å². The van der Waals surface area contributed by atoms with Gasteiger partial charge in [0.25, 0.3) is 0 Å². The lowest BCUT2D eigenvalue weighted by atomic mass is 10.3. The van der Waals surface area contributed by atoms with Crippen molar-refractivity contribution < 1.29 is 0 Å². The highest BCUT2D eigenvalue weighted by Gasteiger charge is 2.09. The van der Waals surface area contributed by atoms with E-state index >= 15 is 0 Å². The van der Waals surface area contributed by atoms with Gasteiger partial charge in [-0.25, -0.2) is 0 Å². The number of nitrogens with one attached hydrogen (secondary N) is 1. The summed E-state index contributed by atoms with van der Waals surface area (Å²) in [6, 6.07) is 11.4. The lowest BCUT2D eigenvalue weighted by Crippen LogP contribution is -1.93. The summed E-state index contributed by atoms with van der Waals surface area (Å²) >= 11 is 21.0. The number of halogens is 3. The summed E-state index contributed by atoms with van der Waals surface area (Å²) in [5.41, 5.74) is 2.65. The Bertz CT molecular complexity index is 838. The van der Waals surface area contributed by atoms with Crippen LogP contribution in [0.1, 0.15) is 0 Å². The number of benzene rings is 2. The molecule has 2 aromatic carbocycles. The van der Waals surface area contributed by atoms with Crippen LogP contribution in [0.4, 0.5) is 0 Å². The van der Waals surface area contributed by atoms with Crippen molar-refractivity contribution in [1.82, 2.24) is 9.55 Å². The first-order valence-corrected chi connectivity index (χ1v) is 7.38. The highest BCUT2D eigenvalue weighted by atomic mass is 79.9. The third kappa shape index (κ3) is 2.23. The van der Waals surface area contributed by atoms with E-state index in [1.807, 2.05) is 41.0 Å². The van der Waals surface area contributed by atoms with Crippen molar-refractivity contribution in [3.8, 4) is 5.69 Å². The standard InChI is InChI=1S/C13H7BrCl2N2S/c14-8-5-4-7(6-10(8)16)18-11-3-1-2-9(15)12(11)17-13(18)19/h1-6H,(H,17,19). The predicted molar refractivity (Wildman–Crippen MR) is 86.2 cm³/mol. The normalized spacial score (nSPS) is 11.1. The minimum absolute atomic E-state index is 0.585. The Kier molecular flexibility index (Phi) is 3.43. The maximum Gasteiger partial charge on any atom is 0.182 e. The molecule has 1 aromatic heterocycles. The summed E-state index contributed by atoms with van der Waals surface area (Å²) in [5, 5.41) is 1.28. The minimum Gasteiger partial charge on any atom is -0.329 e. The summed E-state index contributed by atoms with van der Waals surface area (Å²) in [7, 11) is 0. The lowest BCUT2D eigenvalue weighted by Gasteiger charge is -2.06. The molecular formula is C13H7BrCl2N2S. The van der Waals surface area contributed by atoms with Gasteiger partial charge in [0.2, 0.25) is 0 Å². The molecule has 96 valence electrons. The van der Waals surface area contributed by atoms with Crippen LogP contribution in [-0.4, -0.2) is 9.55 Å². The maximum absolute atomic E-state index is 6.16. The molecule has 3 aromatic rings. The summed E-state index contributed by atoms with van der Waals surface area (Å²) in [6.45, 7) is 0. The van der Waals surface area contributed by atoms with Gasteiger partial charge >= 0.3 is 0 Å². The van der Waals surface area contributed by atoms with Gasteiger partial charge in [-0.3, -0.25) is 4.57 Å². The van der Waals surface area contributed by atoms with E-state index in [1.54, 1.807) is 0 Å². The van der Waals surface area contributed by atoms with Gasteiger partial charge in [0.1, 0.15) is 0 Å². The molecule has 19 heavy (non-hydrogen) atoms. The number of aromatic amines is 1. The fourth-order valence-electron chi connectivity index (χ4n) is 1.98. The number of rotatable bonds is 1. The van der Waals surface area contributed by atoms with Crippen molar-refractivity contribution in [3.05, 3.63) is 55.7 Å². The Morgan fingerprint density at radius 1 is 1.11 bits per heavy atom. The first-order valence-electron chi connectivity index (χ1n) is 5.42. The molecule has 0 atom stereocenters. The van der Waals surface area contributed by atoms with Crippen LogP contribution < -0.4 is 0 Å². The molecule has 0 fully saturated rings. The first-order chi connectivity index (χ1) is 9.08. The third-order valence-electron chi connectivity index (χ3n) is 2.83. The summed E-state index contributed by atoms with van der Waals surface area (Å²) in [4.78, 5) is 3.12. The van der Waals surface area contributed by atoms with Crippen molar-refractivity contribution in [3.63, 3.8) is 0 Å². The van der Waals surface area contributed by atoms with Crippen molar-refractivity contribution in [2.24, 2.45) is 0 Å². The van der Waals surface area contributed by atoms with E-state index < -0.39 is 0 Å². The molecule has 6 heteroatoms. The second kappa shape index (κ2) is 4.94. The molecule has 0 aliphatic carbocycles. The van der Waals surface area contributed by atoms with Crippen molar-refractivity contribution in [1.29, 1.82) is 0 Å². The molecule has 0 saturated heterocycles. The van der Waals surface area contributed by atoms with E-state index in [1.165, 1.54) is 0 Å². The molecule has 1 heterocycles. The maximum atomic E-state index is 6.16. The smallest absolute Gasteiger partial charge is 0.182 e. The molecule has 0 amide bonds. The zero-order valence-electron chi connectivity index (χ0n) is 9.45. The van der Waals surface area contributed by atoms with Crippen LogP contribution >= 0.6 is 51.3 Å². The van der Waals surface area contributed by atoms with Crippen molar-refractivity contribution in [2.75, 3.05) is 0 Å². The number of nitrogens with zero attached hydrogens (tertiary/aromatic N) is 1. The van der Waals surface area contributed by atoms with E-state index in [0.717, 1.165) is 21.2 Å². The van der Waals surface area contributed by atoms with Crippen LogP contribution in [0.25, 0.3) is 16.7 Å². The van der Waals surface area contributed by atoms with Crippen LogP contribution in [0.3, 0.4) is 0 Å². The number of aromatic nitrogens is 2. The Labute approximate surface area is 133 Å².